The summed E-state index contributed by atoms with van der Waals surface area (Å²) in [5.41, 5.74) is 1.37. The molecule has 0 saturated heterocycles. The Morgan fingerprint density at radius 1 is 1.47 bits per heavy atom. The van der Waals surface area contributed by atoms with Crippen molar-refractivity contribution in [2.45, 2.75) is 12.5 Å². The molecule has 0 radical (unpaired) electrons. The maximum atomic E-state index is 5.49. The van der Waals surface area contributed by atoms with Gasteiger partial charge in [-0.3, -0.25) is 0 Å². The van der Waals surface area contributed by atoms with E-state index in [0.717, 1.165) is 13.0 Å². The van der Waals surface area contributed by atoms with Crippen molar-refractivity contribution in [3.8, 4) is 0 Å². The van der Waals surface area contributed by atoms with E-state index in [2.05, 4.69) is 22.1 Å². The maximum absolute atomic E-state index is 5.49. The molecule has 0 fully saturated rings. The molecule has 86 valence electrons. The van der Waals surface area contributed by atoms with Gasteiger partial charge in [0.05, 0.1) is 19.8 Å². The number of hydrogen-bond acceptors (Lipinski definition) is 4. The van der Waals surface area contributed by atoms with Crippen molar-refractivity contribution in [1.82, 2.24) is 5.32 Å². The van der Waals surface area contributed by atoms with Crippen LogP contribution in [0.1, 0.15) is 5.56 Å². The highest BCUT2D eigenvalue weighted by molar-refractivity contribution is 7.07. The quantitative estimate of drug-likeness (QED) is 0.686. The minimum atomic E-state index is 0.386. The van der Waals surface area contributed by atoms with Gasteiger partial charge in [0.25, 0.3) is 0 Å². The number of ether oxygens (including phenoxy) is 2. The minimum absolute atomic E-state index is 0.386. The second-order valence-corrected chi connectivity index (χ2v) is 4.17. The number of thiophene rings is 1. The van der Waals surface area contributed by atoms with Gasteiger partial charge in [0.2, 0.25) is 0 Å². The number of likely N-dealkylation sites (N-methyl/N-ethyl adjacent to an activating group) is 1. The Morgan fingerprint density at radius 3 is 2.93 bits per heavy atom. The third-order valence-electron chi connectivity index (χ3n) is 2.22. The lowest BCUT2D eigenvalue weighted by Gasteiger charge is -2.15. The Balaban J connectivity index is 2.18. The van der Waals surface area contributed by atoms with Crippen molar-refractivity contribution in [2.75, 3.05) is 34.0 Å². The molecule has 1 N–H and O–H groups in total. The summed E-state index contributed by atoms with van der Waals surface area (Å²) < 4.78 is 10.4. The van der Waals surface area contributed by atoms with Crippen LogP contribution in [0, 0.1) is 0 Å². The predicted octanol–water partition coefficient (Wildman–Crippen LogP) is 1.54. The molecule has 4 heteroatoms. The van der Waals surface area contributed by atoms with Crippen LogP contribution in [0.3, 0.4) is 0 Å². The summed E-state index contributed by atoms with van der Waals surface area (Å²) in [6.45, 7) is 2.06. The van der Waals surface area contributed by atoms with E-state index in [9.17, 15) is 0 Å². The van der Waals surface area contributed by atoms with E-state index >= 15 is 0 Å². The van der Waals surface area contributed by atoms with Gasteiger partial charge in [0, 0.05) is 13.2 Å². The van der Waals surface area contributed by atoms with Crippen molar-refractivity contribution < 1.29 is 9.47 Å². The van der Waals surface area contributed by atoms with E-state index in [1.54, 1.807) is 18.4 Å². The highest BCUT2D eigenvalue weighted by Crippen LogP contribution is 2.08. The van der Waals surface area contributed by atoms with Crippen LogP contribution < -0.4 is 5.32 Å². The summed E-state index contributed by atoms with van der Waals surface area (Å²) in [5, 5.41) is 7.54. The zero-order chi connectivity index (χ0) is 10.9. The molecule has 3 nitrogen and oxygen atoms in total. The smallest absolute Gasteiger partial charge is 0.0701 e. The second-order valence-electron chi connectivity index (χ2n) is 3.39. The molecule has 0 aliphatic rings. The first-order valence-electron chi connectivity index (χ1n) is 5.12. The molecule has 0 aromatic carbocycles. The van der Waals surface area contributed by atoms with Crippen LogP contribution in [0.5, 0.6) is 0 Å². The molecular formula is C11H19NO2S. The zero-order valence-corrected chi connectivity index (χ0v) is 10.2. The van der Waals surface area contributed by atoms with Crippen LogP contribution in [0.25, 0.3) is 0 Å². The lowest BCUT2D eigenvalue weighted by molar-refractivity contribution is 0.0598. The summed E-state index contributed by atoms with van der Waals surface area (Å²) in [7, 11) is 3.65. The first-order chi connectivity index (χ1) is 7.36. The Hall–Kier alpha value is -0.420. The number of methoxy groups -OCH3 is 1. The standard InChI is InChI=1S/C11H19NO2S/c1-12-11(8-14-5-4-13-2)7-10-3-6-15-9-10/h3,6,9,11-12H,4-5,7-8H2,1-2H3. The molecule has 0 spiro atoms. The molecule has 1 aromatic rings. The highest BCUT2D eigenvalue weighted by Gasteiger charge is 2.07. The van der Waals surface area contributed by atoms with Gasteiger partial charge in [0.15, 0.2) is 0 Å². The summed E-state index contributed by atoms with van der Waals surface area (Å²) in [4.78, 5) is 0. The Labute approximate surface area is 95.4 Å². The third kappa shape index (κ3) is 5.28. The topological polar surface area (TPSA) is 30.5 Å². The van der Waals surface area contributed by atoms with Crippen molar-refractivity contribution in [3.63, 3.8) is 0 Å². The molecular weight excluding hydrogens is 210 g/mol. The van der Waals surface area contributed by atoms with Crippen LogP contribution in [0.2, 0.25) is 0 Å². The monoisotopic (exact) mass is 229 g/mol. The van der Waals surface area contributed by atoms with Gasteiger partial charge >= 0.3 is 0 Å². The van der Waals surface area contributed by atoms with E-state index < -0.39 is 0 Å². The Kier molecular flexibility index (Phi) is 6.59. The van der Waals surface area contributed by atoms with E-state index in [1.807, 2.05) is 7.05 Å². The molecule has 0 saturated carbocycles. The van der Waals surface area contributed by atoms with Gasteiger partial charge in [-0.15, -0.1) is 0 Å². The first kappa shape index (κ1) is 12.6. The van der Waals surface area contributed by atoms with Crippen molar-refractivity contribution in [2.24, 2.45) is 0 Å². The normalized spacial score (nSPS) is 12.9. The zero-order valence-electron chi connectivity index (χ0n) is 9.36. The van der Waals surface area contributed by atoms with E-state index in [-0.39, 0.29) is 0 Å². The van der Waals surface area contributed by atoms with Gasteiger partial charge < -0.3 is 14.8 Å². The van der Waals surface area contributed by atoms with Gasteiger partial charge in [-0.2, -0.15) is 11.3 Å². The third-order valence-corrected chi connectivity index (χ3v) is 2.95. The number of nitrogens with one attached hydrogen (secondary N) is 1. The SMILES string of the molecule is CNC(COCCOC)Cc1ccsc1. The summed E-state index contributed by atoms with van der Waals surface area (Å²) >= 11 is 1.74. The molecule has 0 aliphatic heterocycles. The van der Waals surface area contributed by atoms with E-state index in [4.69, 9.17) is 9.47 Å². The highest BCUT2D eigenvalue weighted by atomic mass is 32.1. The van der Waals surface area contributed by atoms with Gasteiger partial charge in [-0.25, -0.2) is 0 Å². The van der Waals surface area contributed by atoms with Crippen LogP contribution in [0.15, 0.2) is 16.8 Å². The van der Waals surface area contributed by atoms with Crippen molar-refractivity contribution in [1.29, 1.82) is 0 Å². The number of rotatable bonds is 8. The molecule has 1 heterocycles. The molecule has 1 rings (SSSR count). The lowest BCUT2D eigenvalue weighted by atomic mass is 10.1. The van der Waals surface area contributed by atoms with Crippen LogP contribution >= 0.6 is 11.3 Å². The molecule has 0 amide bonds. The average molecular weight is 229 g/mol. The first-order valence-corrected chi connectivity index (χ1v) is 6.06. The fraction of sp³-hybridized carbons (Fsp3) is 0.636. The van der Waals surface area contributed by atoms with E-state index in [0.29, 0.717) is 19.3 Å². The van der Waals surface area contributed by atoms with Crippen LogP contribution in [-0.4, -0.2) is 40.0 Å². The van der Waals surface area contributed by atoms with Crippen molar-refractivity contribution >= 4 is 11.3 Å². The fourth-order valence-corrected chi connectivity index (χ4v) is 1.99. The summed E-state index contributed by atoms with van der Waals surface area (Å²) in [6.07, 6.45) is 1.02. The lowest BCUT2D eigenvalue weighted by Crippen LogP contribution is -2.32. The molecule has 1 aromatic heterocycles. The van der Waals surface area contributed by atoms with E-state index in [1.165, 1.54) is 5.56 Å². The number of hydrogen-bond donors (Lipinski definition) is 1. The van der Waals surface area contributed by atoms with Crippen LogP contribution in [0.4, 0.5) is 0 Å². The van der Waals surface area contributed by atoms with Crippen molar-refractivity contribution in [3.05, 3.63) is 22.4 Å². The second kappa shape index (κ2) is 7.82. The van der Waals surface area contributed by atoms with Gasteiger partial charge in [-0.1, -0.05) is 0 Å². The molecule has 1 unspecified atom stereocenters. The summed E-state index contributed by atoms with van der Waals surface area (Å²) in [6, 6.07) is 2.54. The Bertz CT molecular complexity index is 239. The molecule has 0 aliphatic carbocycles. The molecule has 0 bridgehead atoms. The predicted molar refractivity (Wildman–Crippen MR) is 63.6 cm³/mol. The maximum Gasteiger partial charge on any atom is 0.0701 e. The molecule has 15 heavy (non-hydrogen) atoms. The van der Waals surface area contributed by atoms with Crippen LogP contribution in [-0.2, 0) is 15.9 Å². The Morgan fingerprint density at radius 2 is 2.33 bits per heavy atom. The largest absolute Gasteiger partial charge is 0.382 e. The van der Waals surface area contributed by atoms with Gasteiger partial charge in [0.1, 0.15) is 0 Å². The molecule has 1 atom stereocenters. The fourth-order valence-electron chi connectivity index (χ4n) is 1.31. The average Bonchev–Trinajstić information content (AvgIpc) is 2.75. The minimum Gasteiger partial charge on any atom is -0.382 e. The summed E-state index contributed by atoms with van der Waals surface area (Å²) in [5.74, 6) is 0. The van der Waals surface area contributed by atoms with Gasteiger partial charge in [-0.05, 0) is 35.9 Å².